The van der Waals surface area contributed by atoms with Crippen LogP contribution >= 0.6 is 15.9 Å². The molecular weight excluding hydrogens is 364 g/mol. The summed E-state index contributed by atoms with van der Waals surface area (Å²) in [5.41, 5.74) is 3.10. The molecule has 0 fully saturated rings. The van der Waals surface area contributed by atoms with Crippen molar-refractivity contribution in [2.75, 3.05) is 5.32 Å². The number of aliphatic imine (C=N–C) groups is 1. The van der Waals surface area contributed by atoms with Gasteiger partial charge in [-0.3, -0.25) is 0 Å². The van der Waals surface area contributed by atoms with Crippen LogP contribution in [0.15, 0.2) is 64.1 Å². The summed E-state index contributed by atoms with van der Waals surface area (Å²) in [4.78, 5) is 4.81. The molecule has 0 unspecified atom stereocenters. The molecule has 0 spiro atoms. The van der Waals surface area contributed by atoms with Crippen LogP contribution in [-0.2, 0) is 0 Å². The van der Waals surface area contributed by atoms with Gasteiger partial charge in [-0.25, -0.2) is 4.99 Å². The number of hydrogen-bond acceptors (Lipinski definition) is 3. The molecule has 0 aliphatic carbocycles. The summed E-state index contributed by atoms with van der Waals surface area (Å²) in [5.74, 6) is 1.69. The molecule has 1 aliphatic heterocycles. The molecule has 4 heteroatoms. The Hall–Kier alpha value is -2.33. The van der Waals surface area contributed by atoms with Crippen molar-refractivity contribution < 1.29 is 4.74 Å². The molecule has 0 bridgehead atoms. The van der Waals surface area contributed by atoms with Crippen molar-refractivity contribution in [3.05, 3.63) is 64.6 Å². The highest BCUT2D eigenvalue weighted by atomic mass is 79.9. The van der Waals surface area contributed by atoms with Gasteiger partial charge < -0.3 is 10.1 Å². The third kappa shape index (κ3) is 2.67. The van der Waals surface area contributed by atoms with Crippen LogP contribution in [0.5, 0.6) is 5.75 Å². The minimum atomic E-state index is 0.141. The van der Waals surface area contributed by atoms with E-state index in [0.717, 1.165) is 33.0 Å². The monoisotopic (exact) mass is 380 g/mol. The van der Waals surface area contributed by atoms with Crippen LogP contribution in [0.2, 0.25) is 0 Å². The van der Waals surface area contributed by atoms with Gasteiger partial charge in [-0.1, -0.05) is 24.3 Å². The predicted octanol–water partition coefficient (Wildman–Crippen LogP) is 5.89. The fourth-order valence-corrected chi connectivity index (χ4v) is 3.40. The van der Waals surface area contributed by atoms with Gasteiger partial charge in [0.05, 0.1) is 16.3 Å². The third-order valence-corrected chi connectivity index (χ3v) is 4.56. The molecule has 1 heterocycles. The molecule has 0 aromatic heterocycles. The highest BCUT2D eigenvalue weighted by Gasteiger charge is 2.16. The number of rotatable bonds is 3. The molecular formula is C20H17BrN2O. The Morgan fingerprint density at radius 2 is 1.83 bits per heavy atom. The summed E-state index contributed by atoms with van der Waals surface area (Å²) in [6.07, 6.45) is 0.141. The highest BCUT2D eigenvalue weighted by molar-refractivity contribution is 9.10. The zero-order valence-corrected chi connectivity index (χ0v) is 15.1. The molecule has 4 rings (SSSR count). The first kappa shape index (κ1) is 15.2. The lowest BCUT2D eigenvalue weighted by molar-refractivity contribution is 0.241. The second kappa shape index (κ2) is 5.95. The van der Waals surface area contributed by atoms with E-state index in [2.05, 4.69) is 51.6 Å². The number of halogens is 1. The summed E-state index contributed by atoms with van der Waals surface area (Å²) < 4.78 is 6.71. The Kier molecular flexibility index (Phi) is 3.77. The maximum atomic E-state index is 5.78. The van der Waals surface area contributed by atoms with Crippen molar-refractivity contribution in [2.45, 2.75) is 20.0 Å². The molecule has 3 aromatic rings. The molecule has 0 saturated heterocycles. The average Bonchev–Trinajstić information content (AvgIpc) is 2.57. The van der Waals surface area contributed by atoms with E-state index in [1.54, 1.807) is 0 Å². The SMILES string of the molecule is CC(C)Oc1ccc(C2=Nc3cccc4cccc(c34)N2)cc1Br. The van der Waals surface area contributed by atoms with Gasteiger partial charge in [0, 0.05) is 16.6 Å². The minimum Gasteiger partial charge on any atom is -0.490 e. The molecule has 120 valence electrons. The van der Waals surface area contributed by atoms with E-state index in [1.807, 2.05) is 38.1 Å². The summed E-state index contributed by atoms with van der Waals surface area (Å²) >= 11 is 3.60. The van der Waals surface area contributed by atoms with Gasteiger partial charge in [-0.2, -0.15) is 0 Å². The molecule has 24 heavy (non-hydrogen) atoms. The van der Waals surface area contributed by atoms with Crippen molar-refractivity contribution in [1.82, 2.24) is 0 Å². The first-order chi connectivity index (χ1) is 11.6. The average molecular weight is 381 g/mol. The van der Waals surface area contributed by atoms with E-state index in [1.165, 1.54) is 10.8 Å². The maximum absolute atomic E-state index is 5.78. The van der Waals surface area contributed by atoms with Gasteiger partial charge in [0.1, 0.15) is 11.6 Å². The fourth-order valence-electron chi connectivity index (χ4n) is 2.93. The molecule has 1 aliphatic rings. The van der Waals surface area contributed by atoms with E-state index in [4.69, 9.17) is 9.73 Å². The Labute approximate surface area is 149 Å². The zero-order chi connectivity index (χ0) is 16.7. The molecule has 0 amide bonds. The standard InChI is InChI=1S/C20H17BrN2O/c1-12(2)24-18-10-9-14(11-15(18)21)20-22-16-7-3-5-13-6-4-8-17(23-20)19(13)16/h3-12H,1-2H3,(H,22,23). The zero-order valence-electron chi connectivity index (χ0n) is 13.5. The van der Waals surface area contributed by atoms with Gasteiger partial charge in [-0.15, -0.1) is 0 Å². The Morgan fingerprint density at radius 3 is 2.58 bits per heavy atom. The van der Waals surface area contributed by atoms with Crippen LogP contribution in [0.1, 0.15) is 19.4 Å². The predicted molar refractivity (Wildman–Crippen MR) is 104 cm³/mol. The Balaban J connectivity index is 1.77. The summed E-state index contributed by atoms with van der Waals surface area (Å²) in [7, 11) is 0. The highest BCUT2D eigenvalue weighted by Crippen LogP contribution is 2.37. The smallest absolute Gasteiger partial charge is 0.138 e. The maximum Gasteiger partial charge on any atom is 0.138 e. The number of benzene rings is 3. The van der Waals surface area contributed by atoms with Gasteiger partial charge in [0.2, 0.25) is 0 Å². The summed E-state index contributed by atoms with van der Waals surface area (Å²) in [6, 6.07) is 18.5. The molecule has 0 radical (unpaired) electrons. The Bertz CT molecular complexity index is 958. The number of anilines is 1. The van der Waals surface area contributed by atoms with E-state index in [0.29, 0.717) is 0 Å². The van der Waals surface area contributed by atoms with Crippen LogP contribution in [0.25, 0.3) is 10.8 Å². The lowest BCUT2D eigenvalue weighted by atomic mass is 10.0. The molecule has 0 saturated carbocycles. The molecule has 0 atom stereocenters. The van der Waals surface area contributed by atoms with Gasteiger partial charge >= 0.3 is 0 Å². The lowest BCUT2D eigenvalue weighted by Gasteiger charge is -2.20. The molecule has 1 N–H and O–H groups in total. The lowest BCUT2D eigenvalue weighted by Crippen LogP contribution is -2.16. The van der Waals surface area contributed by atoms with Gasteiger partial charge in [-0.05, 0) is 65.5 Å². The van der Waals surface area contributed by atoms with Crippen molar-refractivity contribution >= 4 is 43.9 Å². The first-order valence-corrected chi connectivity index (χ1v) is 8.75. The number of nitrogens with zero attached hydrogens (tertiary/aromatic N) is 1. The number of nitrogens with one attached hydrogen (secondary N) is 1. The van der Waals surface area contributed by atoms with Crippen molar-refractivity contribution in [1.29, 1.82) is 0 Å². The fraction of sp³-hybridized carbons (Fsp3) is 0.150. The second-order valence-electron chi connectivity index (χ2n) is 6.08. The van der Waals surface area contributed by atoms with Crippen molar-refractivity contribution in [2.24, 2.45) is 4.99 Å². The number of ether oxygens (including phenoxy) is 1. The topological polar surface area (TPSA) is 33.6 Å². The summed E-state index contributed by atoms with van der Waals surface area (Å²) in [6.45, 7) is 4.04. The van der Waals surface area contributed by atoms with E-state index < -0.39 is 0 Å². The van der Waals surface area contributed by atoms with Crippen LogP contribution in [-0.4, -0.2) is 11.9 Å². The van der Waals surface area contributed by atoms with Crippen LogP contribution in [0.4, 0.5) is 11.4 Å². The van der Waals surface area contributed by atoms with E-state index in [-0.39, 0.29) is 6.10 Å². The molecule has 3 nitrogen and oxygen atoms in total. The largest absolute Gasteiger partial charge is 0.490 e. The number of hydrogen-bond donors (Lipinski definition) is 1. The van der Waals surface area contributed by atoms with Crippen LogP contribution in [0, 0.1) is 0 Å². The number of amidine groups is 1. The van der Waals surface area contributed by atoms with Crippen LogP contribution < -0.4 is 10.1 Å². The first-order valence-electron chi connectivity index (χ1n) is 7.96. The van der Waals surface area contributed by atoms with Crippen molar-refractivity contribution in [3.63, 3.8) is 0 Å². The quantitative estimate of drug-likeness (QED) is 0.614. The van der Waals surface area contributed by atoms with Gasteiger partial charge in [0.15, 0.2) is 0 Å². The summed E-state index contributed by atoms with van der Waals surface area (Å²) in [5, 5.41) is 5.82. The van der Waals surface area contributed by atoms with Crippen molar-refractivity contribution in [3.8, 4) is 5.75 Å². The minimum absolute atomic E-state index is 0.141. The van der Waals surface area contributed by atoms with E-state index in [9.17, 15) is 0 Å². The third-order valence-electron chi connectivity index (χ3n) is 3.94. The Morgan fingerprint density at radius 1 is 1.04 bits per heavy atom. The van der Waals surface area contributed by atoms with Gasteiger partial charge in [0.25, 0.3) is 0 Å². The van der Waals surface area contributed by atoms with Crippen LogP contribution in [0.3, 0.4) is 0 Å². The second-order valence-corrected chi connectivity index (χ2v) is 6.93. The van der Waals surface area contributed by atoms with E-state index >= 15 is 0 Å². The molecule has 3 aromatic carbocycles. The normalized spacial score (nSPS) is 12.9.